The molecule has 5 heteroatoms. The fraction of sp³-hybridized carbons (Fsp3) is 0.333. The van der Waals surface area contributed by atoms with Crippen molar-refractivity contribution >= 4 is 5.91 Å². The summed E-state index contributed by atoms with van der Waals surface area (Å²) in [6.45, 7) is 0.901. The number of nitrogens with zero attached hydrogens (tertiary/aromatic N) is 2. The van der Waals surface area contributed by atoms with E-state index in [4.69, 9.17) is 4.42 Å². The maximum Gasteiger partial charge on any atom is 0.287 e. The Morgan fingerprint density at radius 3 is 3.35 bits per heavy atom. The number of furan rings is 1. The van der Waals surface area contributed by atoms with Gasteiger partial charge in [0.15, 0.2) is 5.76 Å². The number of hydrogen-bond donors (Lipinski definition) is 1. The second kappa shape index (κ2) is 4.08. The van der Waals surface area contributed by atoms with E-state index < -0.39 is 0 Å². The van der Waals surface area contributed by atoms with Crippen molar-refractivity contribution in [3.05, 3.63) is 42.4 Å². The highest BCUT2D eigenvalue weighted by Crippen LogP contribution is 2.13. The minimum atomic E-state index is -0.153. The van der Waals surface area contributed by atoms with Crippen molar-refractivity contribution in [3.8, 4) is 0 Å². The highest BCUT2D eigenvalue weighted by molar-refractivity contribution is 5.91. The lowest BCUT2D eigenvalue weighted by Crippen LogP contribution is -2.40. The van der Waals surface area contributed by atoms with E-state index in [1.807, 2.05) is 6.20 Å². The van der Waals surface area contributed by atoms with Crippen molar-refractivity contribution in [2.24, 2.45) is 0 Å². The number of aryl methyl sites for hydroxylation is 1. The molecular weight excluding hydrogens is 218 g/mol. The van der Waals surface area contributed by atoms with Crippen LogP contribution in [0.25, 0.3) is 0 Å². The van der Waals surface area contributed by atoms with Gasteiger partial charge in [-0.25, -0.2) is 4.98 Å². The number of carbonyl (C=O) groups excluding carboxylic acids is 1. The van der Waals surface area contributed by atoms with Crippen LogP contribution in [0.3, 0.4) is 0 Å². The summed E-state index contributed by atoms with van der Waals surface area (Å²) in [5, 5.41) is 2.97. The number of fused-ring (bicyclic) bond motifs is 1. The first kappa shape index (κ1) is 10.1. The normalized spacial score (nSPS) is 18.7. The lowest BCUT2D eigenvalue weighted by molar-refractivity contribution is 0.0902. The number of carbonyl (C=O) groups is 1. The first-order chi connectivity index (χ1) is 8.33. The van der Waals surface area contributed by atoms with Crippen molar-refractivity contribution in [2.45, 2.75) is 25.4 Å². The number of nitrogens with one attached hydrogen (secondary N) is 1. The standard InChI is InChI=1S/C12H13N3O2/c16-12(10-2-1-7-17-10)14-9-3-5-15-6-4-13-11(15)8-9/h1-2,4,6-7,9H,3,5,8H2,(H,14,16). The Hall–Kier alpha value is -2.04. The molecule has 1 atom stereocenters. The lowest BCUT2D eigenvalue weighted by atomic mass is 10.1. The molecule has 1 amide bonds. The number of aromatic nitrogens is 2. The fourth-order valence-corrected chi connectivity index (χ4v) is 2.14. The van der Waals surface area contributed by atoms with Crippen molar-refractivity contribution in [1.82, 2.24) is 14.9 Å². The van der Waals surface area contributed by atoms with Crippen LogP contribution in [0.2, 0.25) is 0 Å². The minimum absolute atomic E-state index is 0.141. The molecule has 0 aromatic carbocycles. The van der Waals surface area contributed by atoms with Crippen LogP contribution in [0.4, 0.5) is 0 Å². The lowest BCUT2D eigenvalue weighted by Gasteiger charge is -2.23. The number of rotatable bonds is 2. The third-order valence-corrected chi connectivity index (χ3v) is 3.03. The van der Waals surface area contributed by atoms with Gasteiger partial charge < -0.3 is 14.3 Å². The summed E-state index contributed by atoms with van der Waals surface area (Å²) in [7, 11) is 0. The van der Waals surface area contributed by atoms with Gasteiger partial charge in [0, 0.05) is 31.4 Å². The summed E-state index contributed by atoms with van der Waals surface area (Å²) in [4.78, 5) is 16.1. The molecule has 17 heavy (non-hydrogen) atoms. The first-order valence-corrected chi connectivity index (χ1v) is 5.67. The van der Waals surface area contributed by atoms with Crippen LogP contribution in [-0.4, -0.2) is 21.5 Å². The van der Waals surface area contributed by atoms with Crippen LogP contribution in [0.1, 0.15) is 22.8 Å². The van der Waals surface area contributed by atoms with Crippen molar-refractivity contribution in [3.63, 3.8) is 0 Å². The van der Waals surface area contributed by atoms with Crippen LogP contribution >= 0.6 is 0 Å². The predicted octanol–water partition coefficient (Wildman–Crippen LogP) is 1.22. The maximum atomic E-state index is 11.8. The predicted molar refractivity (Wildman–Crippen MR) is 60.5 cm³/mol. The minimum Gasteiger partial charge on any atom is -0.459 e. The average Bonchev–Trinajstić information content (AvgIpc) is 2.99. The van der Waals surface area contributed by atoms with Gasteiger partial charge in [0.1, 0.15) is 5.82 Å². The molecule has 0 radical (unpaired) electrons. The van der Waals surface area contributed by atoms with Crippen molar-refractivity contribution in [2.75, 3.05) is 0 Å². The van der Waals surface area contributed by atoms with E-state index in [9.17, 15) is 4.79 Å². The van der Waals surface area contributed by atoms with Gasteiger partial charge in [-0.1, -0.05) is 0 Å². The summed E-state index contributed by atoms with van der Waals surface area (Å²) in [5.41, 5.74) is 0. The van der Waals surface area contributed by atoms with E-state index in [-0.39, 0.29) is 11.9 Å². The molecule has 1 unspecified atom stereocenters. The van der Waals surface area contributed by atoms with E-state index in [1.165, 1.54) is 6.26 Å². The van der Waals surface area contributed by atoms with Crippen LogP contribution in [0.5, 0.6) is 0 Å². The maximum absolute atomic E-state index is 11.8. The number of imidazole rings is 1. The second-order valence-corrected chi connectivity index (χ2v) is 4.18. The van der Waals surface area contributed by atoms with Crippen molar-refractivity contribution < 1.29 is 9.21 Å². The molecule has 0 spiro atoms. The Balaban J connectivity index is 1.66. The molecule has 0 fully saturated rings. The molecule has 3 heterocycles. The van der Waals surface area contributed by atoms with Gasteiger partial charge in [-0.2, -0.15) is 0 Å². The monoisotopic (exact) mass is 231 g/mol. The van der Waals surface area contributed by atoms with Gasteiger partial charge >= 0.3 is 0 Å². The van der Waals surface area contributed by atoms with Crippen LogP contribution in [-0.2, 0) is 13.0 Å². The van der Waals surface area contributed by atoms with Gasteiger partial charge in [-0.05, 0) is 18.6 Å². The SMILES string of the molecule is O=C(NC1CCn2ccnc2C1)c1ccco1. The molecule has 1 aliphatic rings. The van der Waals surface area contributed by atoms with Gasteiger partial charge in [-0.15, -0.1) is 0 Å². The van der Waals surface area contributed by atoms with Crippen molar-refractivity contribution in [1.29, 1.82) is 0 Å². The molecule has 1 N–H and O–H groups in total. The van der Waals surface area contributed by atoms with Gasteiger partial charge in [0.2, 0.25) is 0 Å². The van der Waals surface area contributed by atoms with Crippen LogP contribution in [0.15, 0.2) is 35.2 Å². The molecule has 5 nitrogen and oxygen atoms in total. The van der Waals surface area contributed by atoms with E-state index in [0.29, 0.717) is 5.76 Å². The highest BCUT2D eigenvalue weighted by atomic mass is 16.3. The topological polar surface area (TPSA) is 60.1 Å². The molecule has 1 aliphatic heterocycles. The Labute approximate surface area is 98.5 Å². The summed E-state index contributed by atoms with van der Waals surface area (Å²) < 4.78 is 7.18. The molecule has 2 aromatic heterocycles. The summed E-state index contributed by atoms with van der Waals surface area (Å²) in [6.07, 6.45) is 6.98. The van der Waals surface area contributed by atoms with E-state index >= 15 is 0 Å². The molecule has 2 aromatic rings. The van der Waals surface area contributed by atoms with Crippen LogP contribution in [0, 0.1) is 0 Å². The fourth-order valence-electron chi connectivity index (χ4n) is 2.14. The van der Waals surface area contributed by atoms with E-state index in [2.05, 4.69) is 14.9 Å². The zero-order chi connectivity index (χ0) is 11.7. The third-order valence-electron chi connectivity index (χ3n) is 3.03. The molecular formula is C12H13N3O2. The quantitative estimate of drug-likeness (QED) is 0.845. The Bertz CT molecular complexity index is 516. The second-order valence-electron chi connectivity index (χ2n) is 4.18. The van der Waals surface area contributed by atoms with E-state index in [1.54, 1.807) is 18.3 Å². The Kier molecular flexibility index (Phi) is 2.44. The van der Waals surface area contributed by atoms with Gasteiger partial charge in [0.05, 0.1) is 6.26 Å². The molecule has 0 saturated carbocycles. The first-order valence-electron chi connectivity index (χ1n) is 5.67. The summed E-state index contributed by atoms with van der Waals surface area (Å²) in [5.74, 6) is 1.24. The molecule has 0 aliphatic carbocycles. The smallest absolute Gasteiger partial charge is 0.287 e. The average molecular weight is 231 g/mol. The summed E-state index contributed by atoms with van der Waals surface area (Å²) >= 11 is 0. The zero-order valence-corrected chi connectivity index (χ0v) is 9.30. The third kappa shape index (κ3) is 1.95. The number of amides is 1. The number of hydrogen-bond acceptors (Lipinski definition) is 3. The molecule has 0 bridgehead atoms. The van der Waals surface area contributed by atoms with Crippen LogP contribution < -0.4 is 5.32 Å². The Morgan fingerprint density at radius 2 is 2.53 bits per heavy atom. The highest BCUT2D eigenvalue weighted by Gasteiger charge is 2.21. The molecule has 0 saturated heterocycles. The zero-order valence-electron chi connectivity index (χ0n) is 9.30. The van der Waals surface area contributed by atoms with Gasteiger partial charge in [-0.3, -0.25) is 4.79 Å². The largest absolute Gasteiger partial charge is 0.459 e. The van der Waals surface area contributed by atoms with E-state index in [0.717, 1.165) is 25.2 Å². The summed E-state index contributed by atoms with van der Waals surface area (Å²) in [6, 6.07) is 3.52. The Morgan fingerprint density at radius 1 is 1.59 bits per heavy atom. The molecule has 88 valence electrons. The van der Waals surface area contributed by atoms with Gasteiger partial charge in [0.25, 0.3) is 5.91 Å². The molecule has 3 rings (SSSR count).